The number of pyridine rings is 1. The van der Waals surface area contributed by atoms with Gasteiger partial charge in [0.05, 0.1) is 6.10 Å². The average Bonchev–Trinajstić information content (AvgIpc) is 2.39. The molecule has 17 heavy (non-hydrogen) atoms. The Morgan fingerprint density at radius 2 is 1.82 bits per heavy atom. The minimum atomic E-state index is -0.640. The highest BCUT2D eigenvalue weighted by Gasteiger charge is 2.20. The third-order valence-corrected chi connectivity index (χ3v) is 3.20. The van der Waals surface area contributed by atoms with E-state index in [9.17, 15) is 5.11 Å². The second kappa shape index (κ2) is 5.30. The van der Waals surface area contributed by atoms with E-state index in [1.807, 2.05) is 43.3 Å². The van der Waals surface area contributed by atoms with Crippen LogP contribution in [0.15, 0.2) is 48.7 Å². The zero-order chi connectivity index (χ0) is 12.3. The summed E-state index contributed by atoms with van der Waals surface area (Å²) in [5.74, 6) is -0.0869. The van der Waals surface area contributed by atoms with E-state index >= 15 is 0 Å². The van der Waals surface area contributed by atoms with Crippen LogP contribution in [0.5, 0.6) is 0 Å². The summed E-state index contributed by atoms with van der Waals surface area (Å²) in [5.41, 5.74) is 1.60. The smallest absolute Gasteiger partial charge is 0.0885 e. The van der Waals surface area contributed by atoms with Gasteiger partial charge in [-0.1, -0.05) is 42.8 Å². The van der Waals surface area contributed by atoms with E-state index in [-0.39, 0.29) is 5.92 Å². The zero-order valence-corrected chi connectivity index (χ0v) is 10.3. The molecule has 0 bridgehead atoms. The van der Waals surface area contributed by atoms with Crippen LogP contribution >= 0.6 is 11.6 Å². The fourth-order valence-electron chi connectivity index (χ4n) is 1.79. The molecule has 0 amide bonds. The Labute approximate surface area is 106 Å². The highest BCUT2D eigenvalue weighted by Crippen LogP contribution is 2.32. The molecule has 0 spiro atoms. The molecule has 0 saturated heterocycles. The van der Waals surface area contributed by atoms with Gasteiger partial charge < -0.3 is 5.11 Å². The van der Waals surface area contributed by atoms with Crippen LogP contribution in [0.1, 0.15) is 30.2 Å². The lowest BCUT2D eigenvalue weighted by atomic mass is 9.94. The van der Waals surface area contributed by atoms with Crippen molar-refractivity contribution >= 4 is 11.6 Å². The Morgan fingerprint density at radius 3 is 2.47 bits per heavy atom. The van der Waals surface area contributed by atoms with Crippen molar-refractivity contribution in [3.63, 3.8) is 0 Å². The number of rotatable bonds is 3. The Bertz CT molecular complexity index is 487. The molecule has 3 heteroatoms. The summed E-state index contributed by atoms with van der Waals surface area (Å²) in [4.78, 5) is 4.25. The van der Waals surface area contributed by atoms with Gasteiger partial charge in [-0.15, -0.1) is 0 Å². The molecule has 1 aromatic carbocycles. The van der Waals surface area contributed by atoms with E-state index < -0.39 is 6.10 Å². The van der Waals surface area contributed by atoms with Crippen molar-refractivity contribution in [1.29, 1.82) is 0 Å². The van der Waals surface area contributed by atoms with Gasteiger partial charge in [-0.3, -0.25) is 4.98 Å². The van der Waals surface area contributed by atoms with Crippen molar-refractivity contribution in [2.45, 2.75) is 18.9 Å². The molecular weight excluding hydrogens is 234 g/mol. The molecule has 2 rings (SSSR count). The van der Waals surface area contributed by atoms with Gasteiger partial charge >= 0.3 is 0 Å². The number of aromatic nitrogens is 1. The summed E-state index contributed by atoms with van der Waals surface area (Å²) in [5, 5.41) is 10.9. The maximum absolute atomic E-state index is 10.3. The van der Waals surface area contributed by atoms with E-state index in [2.05, 4.69) is 4.98 Å². The molecule has 2 aromatic rings. The van der Waals surface area contributed by atoms with E-state index in [0.717, 1.165) is 11.3 Å². The highest BCUT2D eigenvalue weighted by atomic mass is 35.5. The Balaban J connectivity index is 2.27. The fraction of sp³-hybridized carbons (Fsp3) is 0.214. The van der Waals surface area contributed by atoms with E-state index in [4.69, 9.17) is 11.6 Å². The SMILES string of the molecule is CC(c1ccccn1)C(O)c1ccccc1Cl. The van der Waals surface area contributed by atoms with Crippen LogP contribution in [0.4, 0.5) is 0 Å². The Kier molecular flexibility index (Phi) is 3.77. The van der Waals surface area contributed by atoms with Crippen molar-refractivity contribution in [2.24, 2.45) is 0 Å². The molecule has 0 aliphatic carbocycles. The lowest BCUT2D eigenvalue weighted by Crippen LogP contribution is -2.09. The van der Waals surface area contributed by atoms with Crippen LogP contribution in [0, 0.1) is 0 Å². The number of nitrogens with zero attached hydrogens (tertiary/aromatic N) is 1. The van der Waals surface area contributed by atoms with Crippen molar-refractivity contribution in [3.8, 4) is 0 Å². The van der Waals surface area contributed by atoms with Crippen LogP contribution < -0.4 is 0 Å². The highest BCUT2D eigenvalue weighted by molar-refractivity contribution is 6.31. The van der Waals surface area contributed by atoms with Crippen LogP contribution in [-0.4, -0.2) is 10.1 Å². The molecule has 2 nitrogen and oxygen atoms in total. The number of hydrogen-bond acceptors (Lipinski definition) is 2. The number of aliphatic hydroxyl groups excluding tert-OH is 1. The summed E-state index contributed by atoms with van der Waals surface area (Å²) in [6.07, 6.45) is 1.09. The maximum Gasteiger partial charge on any atom is 0.0885 e. The van der Waals surface area contributed by atoms with Gasteiger partial charge in [0.2, 0.25) is 0 Å². The first-order chi connectivity index (χ1) is 8.20. The van der Waals surface area contributed by atoms with Gasteiger partial charge in [-0.25, -0.2) is 0 Å². The number of hydrogen-bond donors (Lipinski definition) is 1. The van der Waals surface area contributed by atoms with Gasteiger partial charge in [0.1, 0.15) is 0 Å². The Morgan fingerprint density at radius 1 is 1.12 bits per heavy atom. The van der Waals surface area contributed by atoms with E-state index in [1.165, 1.54) is 0 Å². The van der Waals surface area contributed by atoms with Crippen molar-refractivity contribution in [3.05, 3.63) is 64.9 Å². The molecule has 1 heterocycles. The van der Waals surface area contributed by atoms with E-state index in [0.29, 0.717) is 5.02 Å². The van der Waals surface area contributed by atoms with Crippen LogP contribution in [-0.2, 0) is 0 Å². The number of aliphatic hydroxyl groups is 1. The first-order valence-corrected chi connectivity index (χ1v) is 5.91. The lowest BCUT2D eigenvalue weighted by molar-refractivity contribution is 0.150. The molecule has 1 N–H and O–H groups in total. The van der Waals surface area contributed by atoms with Gasteiger partial charge in [0.15, 0.2) is 0 Å². The number of benzene rings is 1. The summed E-state index contributed by atoms with van der Waals surface area (Å²) in [6, 6.07) is 13.0. The molecule has 0 fully saturated rings. The molecule has 0 aliphatic rings. The largest absolute Gasteiger partial charge is 0.388 e. The molecule has 2 unspecified atom stereocenters. The lowest BCUT2D eigenvalue weighted by Gasteiger charge is -2.19. The zero-order valence-electron chi connectivity index (χ0n) is 9.55. The fourth-order valence-corrected chi connectivity index (χ4v) is 2.04. The normalized spacial score (nSPS) is 14.3. The monoisotopic (exact) mass is 247 g/mol. The maximum atomic E-state index is 10.3. The van der Waals surface area contributed by atoms with Gasteiger partial charge in [0.25, 0.3) is 0 Å². The van der Waals surface area contributed by atoms with Crippen molar-refractivity contribution < 1.29 is 5.11 Å². The molecule has 0 radical (unpaired) electrons. The molecule has 88 valence electrons. The van der Waals surface area contributed by atoms with E-state index in [1.54, 1.807) is 12.3 Å². The van der Waals surface area contributed by atoms with Crippen LogP contribution in [0.2, 0.25) is 5.02 Å². The summed E-state index contributed by atoms with van der Waals surface area (Å²) >= 11 is 6.07. The molecule has 2 atom stereocenters. The first kappa shape index (κ1) is 12.1. The minimum Gasteiger partial charge on any atom is -0.388 e. The third-order valence-electron chi connectivity index (χ3n) is 2.85. The second-order valence-electron chi connectivity index (χ2n) is 4.01. The predicted molar refractivity (Wildman–Crippen MR) is 69.1 cm³/mol. The molecule has 1 aromatic heterocycles. The van der Waals surface area contributed by atoms with Gasteiger partial charge in [-0.2, -0.15) is 0 Å². The van der Waals surface area contributed by atoms with Crippen molar-refractivity contribution in [1.82, 2.24) is 4.98 Å². The average molecular weight is 248 g/mol. The second-order valence-corrected chi connectivity index (χ2v) is 4.42. The molecule has 0 aliphatic heterocycles. The first-order valence-electron chi connectivity index (χ1n) is 5.53. The molecular formula is C14H14ClNO. The predicted octanol–water partition coefficient (Wildman–Crippen LogP) is 3.57. The quantitative estimate of drug-likeness (QED) is 0.900. The van der Waals surface area contributed by atoms with Gasteiger partial charge in [0, 0.05) is 22.8 Å². The number of halogens is 1. The van der Waals surface area contributed by atoms with Crippen LogP contribution in [0.25, 0.3) is 0 Å². The summed E-state index contributed by atoms with van der Waals surface area (Å²) in [7, 11) is 0. The van der Waals surface area contributed by atoms with Gasteiger partial charge in [-0.05, 0) is 23.8 Å². The topological polar surface area (TPSA) is 33.1 Å². The third kappa shape index (κ3) is 2.65. The standard InChI is InChI=1S/C14H14ClNO/c1-10(13-8-4-5-9-16-13)14(17)11-6-2-3-7-12(11)15/h2-10,14,17H,1H3. The van der Waals surface area contributed by atoms with Crippen molar-refractivity contribution in [2.75, 3.05) is 0 Å². The summed E-state index contributed by atoms with van der Waals surface area (Å²) < 4.78 is 0. The summed E-state index contributed by atoms with van der Waals surface area (Å²) in [6.45, 7) is 1.94. The minimum absolute atomic E-state index is 0.0869. The Hall–Kier alpha value is -1.38. The van der Waals surface area contributed by atoms with Crippen LogP contribution in [0.3, 0.4) is 0 Å². The molecule has 0 saturated carbocycles.